The summed E-state index contributed by atoms with van der Waals surface area (Å²) in [5.41, 5.74) is -1.22. The molecule has 6 nitrogen and oxygen atoms in total. The second kappa shape index (κ2) is 4.03. The van der Waals surface area contributed by atoms with Crippen molar-refractivity contribution in [3.05, 3.63) is 44.5 Å². The number of aromatic nitrogens is 2. The van der Waals surface area contributed by atoms with Crippen LogP contribution in [0.1, 0.15) is 6.23 Å². The molecule has 2 N–H and O–H groups in total. The van der Waals surface area contributed by atoms with Gasteiger partial charge in [0.05, 0.1) is 13.2 Å². The minimum absolute atomic E-state index is 0.0709. The molecule has 0 spiro atoms. The minimum atomic E-state index is -1.20. The van der Waals surface area contributed by atoms with Crippen molar-refractivity contribution < 1.29 is 14.2 Å². The fourth-order valence-electron chi connectivity index (χ4n) is 1.43. The molecular weight excluding hydrogens is 219 g/mol. The Morgan fingerprint density at radius 2 is 2.38 bits per heavy atom. The Bertz CT molecular complexity index is 545. The number of hydrogen-bond acceptors (Lipinski definition) is 4. The topological polar surface area (TPSA) is 84.3 Å². The van der Waals surface area contributed by atoms with Gasteiger partial charge in [-0.2, -0.15) is 0 Å². The molecule has 0 radical (unpaired) electrons. The Hall–Kier alpha value is -1.73. The first-order chi connectivity index (χ1) is 7.63. The van der Waals surface area contributed by atoms with Crippen LogP contribution in [0.3, 0.4) is 0 Å². The maximum Gasteiger partial charge on any atom is 0.330 e. The van der Waals surface area contributed by atoms with Gasteiger partial charge >= 0.3 is 5.69 Å². The van der Waals surface area contributed by atoms with Crippen LogP contribution in [0.5, 0.6) is 0 Å². The second-order valence-corrected chi connectivity index (χ2v) is 3.29. The van der Waals surface area contributed by atoms with Gasteiger partial charge < -0.3 is 9.84 Å². The third kappa shape index (κ3) is 1.70. The highest BCUT2D eigenvalue weighted by Crippen LogP contribution is 2.29. The summed E-state index contributed by atoms with van der Waals surface area (Å²) in [6.45, 7) is -0.529. The van der Waals surface area contributed by atoms with E-state index in [2.05, 4.69) is 0 Å². The van der Waals surface area contributed by atoms with Crippen molar-refractivity contribution in [3.63, 3.8) is 0 Å². The number of halogens is 1. The van der Waals surface area contributed by atoms with Crippen LogP contribution in [0.25, 0.3) is 0 Å². The predicted molar refractivity (Wildman–Crippen MR) is 51.5 cm³/mol. The molecule has 1 aromatic rings. The van der Waals surface area contributed by atoms with E-state index in [1.165, 1.54) is 0 Å². The minimum Gasteiger partial charge on any atom is -0.392 e. The lowest BCUT2D eigenvalue weighted by Gasteiger charge is -2.11. The zero-order valence-electron chi connectivity index (χ0n) is 8.14. The molecular formula is C9H9FN2O4. The molecule has 0 aliphatic carbocycles. The van der Waals surface area contributed by atoms with Crippen molar-refractivity contribution in [3.8, 4) is 0 Å². The van der Waals surface area contributed by atoms with Crippen molar-refractivity contribution in [1.82, 2.24) is 9.55 Å². The van der Waals surface area contributed by atoms with E-state index in [4.69, 9.17) is 9.84 Å². The van der Waals surface area contributed by atoms with Crippen LogP contribution in [0.2, 0.25) is 0 Å². The van der Waals surface area contributed by atoms with Crippen LogP contribution in [-0.4, -0.2) is 27.9 Å². The van der Waals surface area contributed by atoms with Crippen LogP contribution in [0.4, 0.5) is 4.39 Å². The number of ether oxygens (including phenoxy) is 1. The van der Waals surface area contributed by atoms with Crippen LogP contribution < -0.4 is 11.2 Å². The standard InChI is InChI=1S/C9H9FN2O4/c10-7-5(3-13)4-16-8(7)12-2-1-6(14)11-9(12)15/h1-2,8,13H,3-4H2,(H,11,14,15)/t8-/m0/s1. The number of H-pyrrole nitrogens is 1. The highest BCUT2D eigenvalue weighted by atomic mass is 19.1. The van der Waals surface area contributed by atoms with Crippen LogP contribution in [0.15, 0.2) is 33.3 Å². The van der Waals surface area contributed by atoms with E-state index in [1.807, 2.05) is 4.98 Å². The van der Waals surface area contributed by atoms with E-state index in [9.17, 15) is 14.0 Å². The molecule has 0 saturated carbocycles. The van der Waals surface area contributed by atoms with Crippen molar-refractivity contribution in [2.24, 2.45) is 0 Å². The van der Waals surface area contributed by atoms with Gasteiger partial charge in [0.2, 0.25) is 0 Å². The summed E-state index contributed by atoms with van der Waals surface area (Å²) in [4.78, 5) is 24.1. The van der Waals surface area contributed by atoms with Gasteiger partial charge in [0.25, 0.3) is 5.56 Å². The number of nitrogens with zero attached hydrogens (tertiary/aromatic N) is 1. The lowest BCUT2D eigenvalue weighted by Crippen LogP contribution is -2.31. The zero-order chi connectivity index (χ0) is 11.7. The summed E-state index contributed by atoms with van der Waals surface area (Å²) >= 11 is 0. The van der Waals surface area contributed by atoms with Crippen molar-refractivity contribution in [1.29, 1.82) is 0 Å². The molecule has 86 valence electrons. The second-order valence-electron chi connectivity index (χ2n) is 3.29. The maximum atomic E-state index is 13.6. The molecule has 0 aromatic carbocycles. The Kier molecular flexibility index (Phi) is 2.71. The molecule has 0 saturated heterocycles. The molecule has 1 aliphatic rings. The van der Waals surface area contributed by atoms with Gasteiger partial charge in [0.1, 0.15) is 0 Å². The molecule has 2 rings (SSSR count). The lowest BCUT2D eigenvalue weighted by molar-refractivity contribution is 0.0497. The van der Waals surface area contributed by atoms with Crippen molar-refractivity contribution >= 4 is 0 Å². The number of aliphatic hydroxyl groups is 1. The first kappa shape index (κ1) is 10.8. The molecule has 1 atom stereocenters. The highest BCUT2D eigenvalue weighted by molar-refractivity contribution is 5.16. The molecule has 0 bridgehead atoms. The maximum absolute atomic E-state index is 13.6. The third-order valence-corrected chi connectivity index (χ3v) is 2.26. The molecule has 7 heteroatoms. The summed E-state index contributed by atoms with van der Waals surface area (Å²) in [6.07, 6.45) is -0.0577. The van der Waals surface area contributed by atoms with Gasteiger partial charge in [0.15, 0.2) is 12.1 Å². The van der Waals surface area contributed by atoms with E-state index < -0.39 is 29.9 Å². The fourth-order valence-corrected chi connectivity index (χ4v) is 1.43. The summed E-state index contributed by atoms with van der Waals surface area (Å²) in [7, 11) is 0. The number of hydrogen-bond donors (Lipinski definition) is 2. The molecule has 0 fully saturated rings. The first-order valence-corrected chi connectivity index (χ1v) is 4.55. The van der Waals surface area contributed by atoms with Crippen LogP contribution >= 0.6 is 0 Å². The van der Waals surface area contributed by atoms with Gasteiger partial charge in [0, 0.05) is 17.8 Å². The Balaban J connectivity index is 2.44. The summed E-state index contributed by atoms with van der Waals surface area (Å²) in [5, 5.41) is 8.79. The van der Waals surface area contributed by atoms with Crippen molar-refractivity contribution in [2.75, 3.05) is 13.2 Å². The number of rotatable bonds is 2. The molecule has 1 aliphatic heterocycles. The number of aliphatic hydroxyl groups excluding tert-OH is 1. The largest absolute Gasteiger partial charge is 0.392 e. The first-order valence-electron chi connectivity index (χ1n) is 4.55. The lowest BCUT2D eigenvalue weighted by atomic mass is 10.3. The van der Waals surface area contributed by atoms with Crippen molar-refractivity contribution in [2.45, 2.75) is 6.23 Å². The number of nitrogens with one attached hydrogen (secondary N) is 1. The molecule has 16 heavy (non-hydrogen) atoms. The molecule has 0 unspecified atom stereocenters. The third-order valence-electron chi connectivity index (χ3n) is 2.26. The summed E-state index contributed by atoms with van der Waals surface area (Å²) < 4.78 is 19.5. The van der Waals surface area contributed by atoms with Gasteiger partial charge in [-0.1, -0.05) is 0 Å². The molecule has 1 aromatic heterocycles. The van der Waals surface area contributed by atoms with E-state index in [0.29, 0.717) is 0 Å². The summed E-state index contributed by atoms with van der Waals surface area (Å²) in [5.74, 6) is -0.698. The fraction of sp³-hybridized carbons (Fsp3) is 0.333. The van der Waals surface area contributed by atoms with E-state index in [1.54, 1.807) is 0 Å². The summed E-state index contributed by atoms with van der Waals surface area (Å²) in [6, 6.07) is 1.09. The highest BCUT2D eigenvalue weighted by Gasteiger charge is 2.28. The predicted octanol–water partition coefficient (Wildman–Crippen LogP) is -0.719. The SMILES string of the molecule is O=c1ccn([C@H]2OCC(CO)=C2F)c(=O)[nH]1. The molecule has 0 amide bonds. The van der Waals surface area contributed by atoms with Gasteiger partial charge in [-0.05, 0) is 0 Å². The Morgan fingerprint density at radius 1 is 1.62 bits per heavy atom. The van der Waals surface area contributed by atoms with E-state index in [-0.39, 0.29) is 12.2 Å². The average Bonchev–Trinajstić information content (AvgIpc) is 2.60. The average molecular weight is 228 g/mol. The smallest absolute Gasteiger partial charge is 0.330 e. The molecule has 2 heterocycles. The zero-order valence-corrected chi connectivity index (χ0v) is 8.14. The van der Waals surface area contributed by atoms with Crippen LogP contribution in [0, 0.1) is 0 Å². The normalized spacial score (nSPS) is 20.5. The quantitative estimate of drug-likeness (QED) is 0.699. The monoisotopic (exact) mass is 228 g/mol. The Morgan fingerprint density at radius 3 is 2.94 bits per heavy atom. The van der Waals surface area contributed by atoms with E-state index in [0.717, 1.165) is 16.8 Å². The van der Waals surface area contributed by atoms with Crippen LogP contribution in [-0.2, 0) is 4.74 Å². The van der Waals surface area contributed by atoms with Gasteiger partial charge in [-0.25, -0.2) is 9.18 Å². The van der Waals surface area contributed by atoms with Gasteiger partial charge in [-0.15, -0.1) is 0 Å². The van der Waals surface area contributed by atoms with Gasteiger partial charge in [-0.3, -0.25) is 14.3 Å². The Labute approximate surface area is 88.6 Å². The van der Waals surface area contributed by atoms with E-state index >= 15 is 0 Å². The number of aromatic amines is 1.